The molecule has 1 heterocycles. The number of hydrogen-bond acceptors (Lipinski definition) is 6. The van der Waals surface area contributed by atoms with E-state index in [1.54, 1.807) is 62.4 Å². The molecule has 3 aromatic rings. The van der Waals surface area contributed by atoms with Crippen LogP contribution in [0.25, 0.3) is 0 Å². The van der Waals surface area contributed by atoms with Crippen molar-refractivity contribution in [2.45, 2.75) is 13.8 Å². The van der Waals surface area contributed by atoms with Crippen molar-refractivity contribution in [3.63, 3.8) is 0 Å². The van der Waals surface area contributed by atoms with E-state index in [0.717, 1.165) is 0 Å². The van der Waals surface area contributed by atoms with Crippen molar-refractivity contribution in [3.05, 3.63) is 82.8 Å². The first-order valence-electron chi connectivity index (χ1n) is 9.12. The van der Waals surface area contributed by atoms with Gasteiger partial charge in [0.2, 0.25) is 5.76 Å². The van der Waals surface area contributed by atoms with Gasteiger partial charge in [-0.2, -0.15) is 5.10 Å². The number of furan rings is 1. The third-order valence-corrected chi connectivity index (χ3v) is 4.66. The molecule has 1 aromatic heterocycles. The summed E-state index contributed by atoms with van der Waals surface area (Å²) in [7, 11) is 0. The lowest BCUT2D eigenvalue weighted by Crippen LogP contribution is -2.33. The predicted octanol–water partition coefficient (Wildman–Crippen LogP) is 3.94. The van der Waals surface area contributed by atoms with Crippen molar-refractivity contribution in [1.29, 1.82) is 0 Å². The summed E-state index contributed by atoms with van der Waals surface area (Å²) in [5.74, 6) is -2.00. The van der Waals surface area contributed by atoms with Gasteiger partial charge in [0.1, 0.15) is 5.75 Å². The molecular weight excluding hydrogens is 422 g/mol. The summed E-state index contributed by atoms with van der Waals surface area (Å²) in [5.41, 5.74) is 4.40. The molecule has 2 amide bonds. The number of carbonyl (C=O) groups excluding carboxylic acids is 3. The van der Waals surface area contributed by atoms with Crippen molar-refractivity contribution >= 4 is 40.8 Å². The van der Waals surface area contributed by atoms with Gasteiger partial charge in [-0.3, -0.25) is 9.59 Å². The van der Waals surface area contributed by atoms with Crippen LogP contribution in [0.4, 0.5) is 5.69 Å². The van der Waals surface area contributed by atoms with E-state index in [4.69, 9.17) is 20.8 Å². The van der Waals surface area contributed by atoms with Crippen molar-refractivity contribution in [2.75, 3.05) is 5.32 Å². The Morgan fingerprint density at radius 3 is 2.42 bits per heavy atom. The highest BCUT2D eigenvalue weighted by molar-refractivity contribution is 6.40. The topological polar surface area (TPSA) is 110 Å². The lowest BCUT2D eigenvalue weighted by Gasteiger charge is -2.09. The molecular formula is C22H18ClN3O5. The Kier molecular flexibility index (Phi) is 6.84. The molecule has 0 saturated heterocycles. The molecule has 2 aromatic carbocycles. The Morgan fingerprint density at radius 1 is 1.00 bits per heavy atom. The third kappa shape index (κ3) is 5.58. The Morgan fingerprint density at radius 2 is 1.74 bits per heavy atom. The van der Waals surface area contributed by atoms with Gasteiger partial charge in [0.25, 0.3) is 0 Å². The molecule has 31 heavy (non-hydrogen) atoms. The van der Waals surface area contributed by atoms with Gasteiger partial charge in [0.05, 0.1) is 12.0 Å². The first kappa shape index (κ1) is 21.8. The van der Waals surface area contributed by atoms with Crippen LogP contribution in [0.5, 0.6) is 5.75 Å². The van der Waals surface area contributed by atoms with Gasteiger partial charge in [-0.1, -0.05) is 17.7 Å². The molecule has 0 aliphatic carbocycles. The summed E-state index contributed by atoms with van der Waals surface area (Å²) in [4.78, 5) is 36.0. The highest BCUT2D eigenvalue weighted by atomic mass is 35.5. The maximum Gasteiger partial charge on any atom is 0.379 e. The summed E-state index contributed by atoms with van der Waals surface area (Å²) >= 11 is 6.01. The summed E-state index contributed by atoms with van der Waals surface area (Å²) in [6.07, 6.45) is 1.38. The minimum atomic E-state index is -0.928. The molecule has 3 rings (SSSR count). The second-order valence-corrected chi connectivity index (χ2v) is 6.80. The minimum absolute atomic E-state index is 0.0933. The maximum atomic E-state index is 12.1. The standard InChI is InChI=1S/C22H18ClN3O5/c1-13-17(23)5-3-6-18(13)24-20(27)21(28)26-25-14(2)15-8-10-16(11-9-15)31-22(29)19-7-4-12-30-19/h3-12H,1-2H3,(H,24,27)(H,26,28)/b25-14+. The van der Waals surface area contributed by atoms with Crippen LogP contribution in [0, 0.1) is 6.92 Å². The van der Waals surface area contributed by atoms with Crippen molar-refractivity contribution in [1.82, 2.24) is 5.43 Å². The van der Waals surface area contributed by atoms with E-state index in [0.29, 0.717) is 33.3 Å². The van der Waals surface area contributed by atoms with Crippen LogP contribution in [-0.4, -0.2) is 23.5 Å². The van der Waals surface area contributed by atoms with Crippen molar-refractivity contribution in [2.24, 2.45) is 5.10 Å². The molecule has 0 atom stereocenters. The number of anilines is 1. The monoisotopic (exact) mass is 439 g/mol. The highest BCUT2D eigenvalue weighted by Gasteiger charge is 2.15. The van der Waals surface area contributed by atoms with E-state index >= 15 is 0 Å². The van der Waals surface area contributed by atoms with Crippen LogP contribution in [-0.2, 0) is 9.59 Å². The van der Waals surface area contributed by atoms with Crippen LogP contribution >= 0.6 is 11.6 Å². The summed E-state index contributed by atoms with van der Waals surface area (Å²) in [6, 6.07) is 14.5. The fourth-order valence-corrected chi connectivity index (χ4v) is 2.66. The molecule has 0 fully saturated rings. The fraction of sp³-hybridized carbons (Fsp3) is 0.0909. The zero-order valence-electron chi connectivity index (χ0n) is 16.6. The zero-order chi connectivity index (χ0) is 22.4. The molecule has 0 radical (unpaired) electrons. The lowest BCUT2D eigenvalue weighted by molar-refractivity contribution is -0.136. The largest absolute Gasteiger partial charge is 0.457 e. The Labute approximate surface area is 182 Å². The number of rotatable bonds is 5. The van der Waals surface area contributed by atoms with E-state index in [9.17, 15) is 14.4 Å². The summed E-state index contributed by atoms with van der Waals surface area (Å²) in [5, 5.41) is 6.90. The minimum Gasteiger partial charge on any atom is -0.457 e. The molecule has 0 bridgehead atoms. The number of nitrogens with zero attached hydrogens (tertiary/aromatic N) is 1. The predicted molar refractivity (Wildman–Crippen MR) is 115 cm³/mol. The van der Waals surface area contributed by atoms with Crippen LogP contribution in [0.2, 0.25) is 5.02 Å². The van der Waals surface area contributed by atoms with E-state index in [1.165, 1.54) is 12.3 Å². The molecule has 0 aliphatic heterocycles. The maximum absolute atomic E-state index is 12.1. The number of amides is 2. The molecule has 0 saturated carbocycles. The Bertz CT molecular complexity index is 1140. The van der Waals surface area contributed by atoms with Gasteiger partial charge >= 0.3 is 17.8 Å². The van der Waals surface area contributed by atoms with Crippen molar-refractivity contribution < 1.29 is 23.5 Å². The van der Waals surface area contributed by atoms with Gasteiger partial charge in [0.15, 0.2) is 0 Å². The average Bonchev–Trinajstić information content (AvgIpc) is 3.30. The lowest BCUT2D eigenvalue weighted by atomic mass is 10.1. The number of carbonyl (C=O) groups is 3. The number of ether oxygens (including phenoxy) is 1. The molecule has 8 nitrogen and oxygen atoms in total. The van der Waals surface area contributed by atoms with E-state index in [-0.39, 0.29) is 5.76 Å². The molecule has 0 spiro atoms. The second-order valence-electron chi connectivity index (χ2n) is 6.40. The Balaban J connectivity index is 1.58. The van der Waals surface area contributed by atoms with E-state index in [2.05, 4.69) is 15.8 Å². The zero-order valence-corrected chi connectivity index (χ0v) is 17.4. The van der Waals surface area contributed by atoms with Crippen LogP contribution in [0.15, 0.2) is 70.4 Å². The number of halogens is 1. The van der Waals surface area contributed by atoms with E-state index in [1.807, 2.05) is 0 Å². The Hall–Kier alpha value is -3.91. The second kappa shape index (κ2) is 9.73. The summed E-state index contributed by atoms with van der Waals surface area (Å²) in [6.45, 7) is 3.39. The number of nitrogens with one attached hydrogen (secondary N) is 2. The highest BCUT2D eigenvalue weighted by Crippen LogP contribution is 2.22. The number of hydrogen-bond donors (Lipinski definition) is 2. The van der Waals surface area contributed by atoms with Gasteiger partial charge in [-0.25, -0.2) is 10.2 Å². The fourth-order valence-electron chi connectivity index (χ4n) is 2.49. The molecule has 0 unspecified atom stereocenters. The number of hydrazone groups is 1. The number of esters is 1. The first-order chi connectivity index (χ1) is 14.8. The molecule has 9 heteroatoms. The van der Waals surface area contributed by atoms with E-state index < -0.39 is 17.8 Å². The molecule has 0 aliphatic rings. The molecule has 2 N–H and O–H groups in total. The van der Waals surface area contributed by atoms with Gasteiger partial charge in [-0.05, 0) is 73.5 Å². The first-order valence-corrected chi connectivity index (χ1v) is 9.50. The van der Waals surface area contributed by atoms with Crippen LogP contribution in [0.1, 0.15) is 28.6 Å². The smallest absolute Gasteiger partial charge is 0.379 e. The SMILES string of the molecule is C/C(=N\NC(=O)C(=O)Nc1cccc(Cl)c1C)c1ccc(OC(=O)c2ccco2)cc1. The summed E-state index contributed by atoms with van der Waals surface area (Å²) < 4.78 is 10.2. The van der Waals surface area contributed by atoms with Gasteiger partial charge in [0, 0.05) is 10.7 Å². The quantitative estimate of drug-likeness (QED) is 0.206. The number of benzene rings is 2. The average molecular weight is 440 g/mol. The van der Waals surface area contributed by atoms with Crippen LogP contribution < -0.4 is 15.5 Å². The molecule has 158 valence electrons. The third-order valence-electron chi connectivity index (χ3n) is 4.25. The van der Waals surface area contributed by atoms with Gasteiger partial charge in [-0.15, -0.1) is 0 Å². The van der Waals surface area contributed by atoms with Gasteiger partial charge < -0.3 is 14.5 Å². The normalized spacial score (nSPS) is 11.0. The van der Waals surface area contributed by atoms with Crippen LogP contribution in [0.3, 0.4) is 0 Å². The van der Waals surface area contributed by atoms with Crippen molar-refractivity contribution in [3.8, 4) is 5.75 Å².